The summed E-state index contributed by atoms with van der Waals surface area (Å²) in [6.45, 7) is 4.27. The lowest BCUT2D eigenvalue weighted by Gasteiger charge is -2.28. The Morgan fingerprint density at radius 1 is 0.875 bits per heavy atom. The molecule has 1 atom stereocenters. The van der Waals surface area contributed by atoms with Crippen LogP contribution in [0.5, 0.6) is 0 Å². The molecule has 5 heteroatoms. The number of hydrogen-bond donors (Lipinski definition) is 1. The molecule has 0 amide bonds. The highest BCUT2D eigenvalue weighted by molar-refractivity contribution is 5.52. The highest BCUT2D eigenvalue weighted by Crippen LogP contribution is 2.24. The maximum atomic E-state index is 4.52. The molecule has 2 aliphatic heterocycles. The van der Waals surface area contributed by atoms with E-state index in [0.29, 0.717) is 6.04 Å². The van der Waals surface area contributed by atoms with Crippen LogP contribution in [0.15, 0.2) is 42.7 Å². The molecule has 0 aliphatic carbocycles. The highest BCUT2D eigenvalue weighted by atomic mass is 15.3. The number of para-hydroxylation sites is 1. The SMILES string of the molecule is c1ccc(NC2CCN(c3cc(N4CCCCC4)ncn3)C2)cc1. The minimum absolute atomic E-state index is 0.473. The van der Waals surface area contributed by atoms with Crippen molar-refractivity contribution in [1.82, 2.24) is 9.97 Å². The van der Waals surface area contributed by atoms with Gasteiger partial charge in [-0.05, 0) is 37.8 Å². The van der Waals surface area contributed by atoms with Crippen molar-refractivity contribution in [2.24, 2.45) is 0 Å². The fourth-order valence-electron chi connectivity index (χ4n) is 3.66. The smallest absolute Gasteiger partial charge is 0.134 e. The van der Waals surface area contributed by atoms with Gasteiger partial charge in [0.2, 0.25) is 0 Å². The lowest BCUT2D eigenvalue weighted by atomic mass is 10.1. The zero-order valence-corrected chi connectivity index (χ0v) is 14.1. The molecule has 2 aromatic rings. The summed E-state index contributed by atoms with van der Waals surface area (Å²) >= 11 is 0. The van der Waals surface area contributed by atoms with Gasteiger partial charge in [0.15, 0.2) is 0 Å². The summed E-state index contributed by atoms with van der Waals surface area (Å²) in [4.78, 5) is 13.8. The molecule has 2 fully saturated rings. The molecule has 24 heavy (non-hydrogen) atoms. The molecule has 1 aromatic carbocycles. The molecule has 1 aromatic heterocycles. The van der Waals surface area contributed by atoms with E-state index >= 15 is 0 Å². The van der Waals surface area contributed by atoms with Gasteiger partial charge in [-0.3, -0.25) is 0 Å². The van der Waals surface area contributed by atoms with Crippen LogP contribution in [0.3, 0.4) is 0 Å². The summed E-state index contributed by atoms with van der Waals surface area (Å²) < 4.78 is 0. The van der Waals surface area contributed by atoms with Gasteiger partial charge in [-0.15, -0.1) is 0 Å². The average Bonchev–Trinajstić information content (AvgIpc) is 3.12. The van der Waals surface area contributed by atoms with Crippen LogP contribution in [0, 0.1) is 0 Å². The van der Waals surface area contributed by atoms with E-state index in [1.165, 1.54) is 24.9 Å². The maximum absolute atomic E-state index is 4.52. The first-order chi connectivity index (χ1) is 11.9. The first-order valence-electron chi connectivity index (χ1n) is 9.02. The number of nitrogens with one attached hydrogen (secondary N) is 1. The van der Waals surface area contributed by atoms with Crippen molar-refractivity contribution in [3.05, 3.63) is 42.7 Å². The topological polar surface area (TPSA) is 44.3 Å². The third-order valence-corrected chi connectivity index (χ3v) is 4.98. The van der Waals surface area contributed by atoms with Crippen LogP contribution in [-0.4, -0.2) is 42.2 Å². The van der Waals surface area contributed by atoms with E-state index in [1.54, 1.807) is 6.33 Å². The summed E-state index contributed by atoms with van der Waals surface area (Å²) in [5, 5.41) is 3.62. The van der Waals surface area contributed by atoms with E-state index in [-0.39, 0.29) is 0 Å². The zero-order valence-electron chi connectivity index (χ0n) is 14.1. The molecule has 0 bridgehead atoms. The number of piperidine rings is 1. The summed E-state index contributed by atoms with van der Waals surface area (Å²) in [5.41, 5.74) is 1.20. The summed E-state index contributed by atoms with van der Waals surface area (Å²) in [5.74, 6) is 2.14. The van der Waals surface area contributed by atoms with Gasteiger partial charge in [0.1, 0.15) is 18.0 Å². The molecule has 126 valence electrons. The van der Waals surface area contributed by atoms with Crippen molar-refractivity contribution in [3.8, 4) is 0 Å². The Kier molecular flexibility index (Phi) is 4.49. The van der Waals surface area contributed by atoms with E-state index in [2.05, 4.69) is 61.5 Å². The Hall–Kier alpha value is -2.30. The first kappa shape index (κ1) is 15.2. The number of aromatic nitrogens is 2. The van der Waals surface area contributed by atoms with Crippen LogP contribution < -0.4 is 15.1 Å². The van der Waals surface area contributed by atoms with Crippen LogP contribution in [0.1, 0.15) is 25.7 Å². The lowest BCUT2D eigenvalue weighted by molar-refractivity contribution is 0.573. The number of rotatable bonds is 4. The number of anilines is 3. The lowest BCUT2D eigenvalue weighted by Crippen LogP contribution is -2.31. The second-order valence-corrected chi connectivity index (χ2v) is 6.72. The molecule has 0 saturated carbocycles. The van der Waals surface area contributed by atoms with Crippen molar-refractivity contribution in [2.75, 3.05) is 41.3 Å². The molecule has 3 heterocycles. The second-order valence-electron chi connectivity index (χ2n) is 6.72. The van der Waals surface area contributed by atoms with Gasteiger partial charge < -0.3 is 15.1 Å². The van der Waals surface area contributed by atoms with Gasteiger partial charge in [0.25, 0.3) is 0 Å². The molecule has 0 spiro atoms. The standard InChI is InChI=1S/C19H25N5/c1-3-7-16(8-4-1)22-17-9-12-24(14-17)19-13-18(20-15-21-19)23-10-5-2-6-11-23/h1,3-4,7-8,13,15,17,22H,2,5-6,9-12,14H2. The Morgan fingerprint density at radius 2 is 1.62 bits per heavy atom. The molecule has 2 aliphatic rings. The predicted octanol–water partition coefficient (Wildman–Crippen LogP) is 3.16. The molecular weight excluding hydrogens is 298 g/mol. The molecule has 4 rings (SSSR count). The van der Waals surface area contributed by atoms with Crippen LogP contribution in [0.4, 0.5) is 17.3 Å². The van der Waals surface area contributed by atoms with Crippen LogP contribution in [0.2, 0.25) is 0 Å². The summed E-state index contributed by atoms with van der Waals surface area (Å²) in [7, 11) is 0. The van der Waals surface area contributed by atoms with Crippen molar-refractivity contribution < 1.29 is 0 Å². The summed E-state index contributed by atoms with van der Waals surface area (Å²) in [6.07, 6.45) is 6.74. The quantitative estimate of drug-likeness (QED) is 0.936. The van der Waals surface area contributed by atoms with Gasteiger partial charge in [-0.25, -0.2) is 9.97 Å². The predicted molar refractivity (Wildman–Crippen MR) is 98.8 cm³/mol. The molecular formula is C19H25N5. The molecule has 1 N–H and O–H groups in total. The van der Waals surface area contributed by atoms with Crippen LogP contribution in [-0.2, 0) is 0 Å². The van der Waals surface area contributed by atoms with Crippen molar-refractivity contribution in [3.63, 3.8) is 0 Å². The van der Waals surface area contributed by atoms with Crippen LogP contribution >= 0.6 is 0 Å². The van der Waals surface area contributed by atoms with Gasteiger partial charge in [0.05, 0.1) is 0 Å². The van der Waals surface area contributed by atoms with Gasteiger partial charge >= 0.3 is 0 Å². The fraction of sp³-hybridized carbons (Fsp3) is 0.474. The molecule has 2 saturated heterocycles. The van der Waals surface area contributed by atoms with Crippen molar-refractivity contribution in [1.29, 1.82) is 0 Å². The van der Waals surface area contributed by atoms with E-state index in [4.69, 9.17) is 0 Å². The number of nitrogens with zero attached hydrogens (tertiary/aromatic N) is 4. The van der Waals surface area contributed by atoms with Gasteiger partial charge in [-0.1, -0.05) is 18.2 Å². The second kappa shape index (κ2) is 7.07. The Bertz CT molecular complexity index is 654. The normalized spacial score (nSPS) is 21.1. The highest BCUT2D eigenvalue weighted by Gasteiger charge is 2.24. The monoisotopic (exact) mass is 323 g/mol. The molecule has 5 nitrogen and oxygen atoms in total. The van der Waals surface area contributed by atoms with Crippen LogP contribution in [0.25, 0.3) is 0 Å². The maximum Gasteiger partial charge on any atom is 0.134 e. The number of hydrogen-bond acceptors (Lipinski definition) is 5. The Balaban J connectivity index is 1.41. The zero-order chi connectivity index (χ0) is 16.2. The third-order valence-electron chi connectivity index (χ3n) is 4.98. The van der Waals surface area contributed by atoms with E-state index in [0.717, 1.165) is 44.2 Å². The van der Waals surface area contributed by atoms with Gasteiger partial charge in [-0.2, -0.15) is 0 Å². The first-order valence-corrected chi connectivity index (χ1v) is 9.02. The number of benzene rings is 1. The third kappa shape index (κ3) is 3.45. The minimum atomic E-state index is 0.473. The Labute approximate surface area is 143 Å². The largest absolute Gasteiger partial charge is 0.380 e. The summed E-state index contributed by atoms with van der Waals surface area (Å²) in [6, 6.07) is 13.1. The van der Waals surface area contributed by atoms with E-state index in [1.807, 2.05) is 0 Å². The van der Waals surface area contributed by atoms with E-state index < -0.39 is 0 Å². The fourth-order valence-corrected chi connectivity index (χ4v) is 3.66. The molecule has 1 unspecified atom stereocenters. The Morgan fingerprint density at radius 3 is 2.42 bits per heavy atom. The van der Waals surface area contributed by atoms with Crippen molar-refractivity contribution in [2.45, 2.75) is 31.7 Å². The molecule has 0 radical (unpaired) electrons. The van der Waals surface area contributed by atoms with Crippen molar-refractivity contribution >= 4 is 17.3 Å². The van der Waals surface area contributed by atoms with E-state index in [9.17, 15) is 0 Å². The minimum Gasteiger partial charge on any atom is -0.380 e. The van der Waals surface area contributed by atoms with Gasteiger partial charge in [0, 0.05) is 44.0 Å². The average molecular weight is 323 g/mol.